The number of likely N-dealkylation sites (tertiary alicyclic amines) is 1. The number of benzene rings is 1. The number of oxazole rings is 1. The molecular formula is C17H22N2O3. The van der Waals surface area contributed by atoms with Crippen molar-refractivity contribution in [2.45, 2.75) is 25.5 Å². The Morgan fingerprint density at radius 1 is 1.36 bits per heavy atom. The minimum absolute atomic E-state index is 0.00625. The molecule has 0 unspecified atom stereocenters. The van der Waals surface area contributed by atoms with Gasteiger partial charge in [-0.25, -0.2) is 4.98 Å². The van der Waals surface area contributed by atoms with Crippen molar-refractivity contribution in [3.63, 3.8) is 0 Å². The lowest BCUT2D eigenvalue weighted by atomic mass is 9.94. The van der Waals surface area contributed by atoms with Crippen molar-refractivity contribution in [2.24, 2.45) is 5.92 Å². The summed E-state index contributed by atoms with van der Waals surface area (Å²) in [4.78, 5) is 6.54. The van der Waals surface area contributed by atoms with E-state index in [1.807, 2.05) is 37.3 Å². The summed E-state index contributed by atoms with van der Waals surface area (Å²) >= 11 is 0. The molecule has 0 amide bonds. The first-order valence-corrected chi connectivity index (χ1v) is 7.73. The topological polar surface area (TPSA) is 69.7 Å². The van der Waals surface area contributed by atoms with Crippen LogP contribution in [-0.4, -0.2) is 45.9 Å². The Balaban J connectivity index is 1.71. The second-order valence-corrected chi connectivity index (χ2v) is 5.90. The normalized spacial score (nSPS) is 24.3. The minimum Gasteiger partial charge on any atom is -0.439 e. The molecule has 3 atom stereocenters. The average Bonchev–Trinajstić information content (AvgIpc) is 3.05. The lowest BCUT2D eigenvalue weighted by Gasteiger charge is -2.37. The van der Waals surface area contributed by atoms with Crippen LogP contribution in [0.25, 0.3) is 11.3 Å². The number of aliphatic hydroxyl groups is 2. The highest BCUT2D eigenvalue weighted by atomic mass is 16.4. The molecule has 0 bridgehead atoms. The Morgan fingerprint density at radius 3 is 2.82 bits per heavy atom. The van der Waals surface area contributed by atoms with Crippen molar-refractivity contribution in [3.05, 3.63) is 42.4 Å². The van der Waals surface area contributed by atoms with Crippen LogP contribution in [0.2, 0.25) is 0 Å². The third-order valence-corrected chi connectivity index (χ3v) is 4.47. The van der Waals surface area contributed by atoms with Gasteiger partial charge < -0.3 is 14.6 Å². The molecule has 1 aliphatic heterocycles. The fourth-order valence-electron chi connectivity index (χ4n) is 2.94. The Bertz CT molecular complexity index is 599. The van der Waals surface area contributed by atoms with Crippen molar-refractivity contribution >= 4 is 0 Å². The highest BCUT2D eigenvalue weighted by Crippen LogP contribution is 2.29. The van der Waals surface area contributed by atoms with Crippen LogP contribution in [-0.2, 0) is 0 Å². The molecule has 2 aromatic rings. The van der Waals surface area contributed by atoms with Gasteiger partial charge in [0.05, 0.1) is 18.3 Å². The smallest absolute Gasteiger partial charge is 0.211 e. The van der Waals surface area contributed by atoms with Gasteiger partial charge in [-0.15, -0.1) is 0 Å². The van der Waals surface area contributed by atoms with Gasteiger partial charge in [-0.1, -0.05) is 30.3 Å². The van der Waals surface area contributed by atoms with E-state index in [-0.39, 0.29) is 18.6 Å². The van der Waals surface area contributed by atoms with Gasteiger partial charge in [0.25, 0.3) is 0 Å². The average molecular weight is 302 g/mol. The molecule has 0 radical (unpaired) electrons. The van der Waals surface area contributed by atoms with E-state index < -0.39 is 6.10 Å². The summed E-state index contributed by atoms with van der Waals surface area (Å²) in [7, 11) is 0. The molecule has 22 heavy (non-hydrogen) atoms. The second kappa shape index (κ2) is 6.60. The summed E-state index contributed by atoms with van der Waals surface area (Å²) in [6, 6.07) is 9.90. The third-order valence-electron chi connectivity index (χ3n) is 4.47. The molecule has 1 saturated heterocycles. The molecule has 1 aromatic carbocycles. The molecular weight excluding hydrogens is 280 g/mol. The largest absolute Gasteiger partial charge is 0.439 e. The molecule has 5 nitrogen and oxygen atoms in total. The van der Waals surface area contributed by atoms with Gasteiger partial charge in [-0.05, 0) is 19.9 Å². The number of nitrogens with zero attached hydrogens (tertiary/aromatic N) is 2. The van der Waals surface area contributed by atoms with Gasteiger partial charge in [0.15, 0.2) is 5.76 Å². The zero-order valence-electron chi connectivity index (χ0n) is 12.7. The van der Waals surface area contributed by atoms with E-state index in [0.29, 0.717) is 12.4 Å². The number of aliphatic hydroxyl groups excluding tert-OH is 2. The highest BCUT2D eigenvalue weighted by molar-refractivity contribution is 5.55. The van der Waals surface area contributed by atoms with Crippen LogP contribution in [0, 0.1) is 5.92 Å². The maximum Gasteiger partial charge on any atom is 0.211 e. The van der Waals surface area contributed by atoms with Crippen LogP contribution in [0.5, 0.6) is 0 Å². The molecule has 0 saturated carbocycles. The van der Waals surface area contributed by atoms with E-state index >= 15 is 0 Å². The standard InChI is InChI=1S/C17H22N2O3/c1-12(19-8-7-14(11-20)15(21)10-19)17-18-9-16(22-17)13-5-3-2-4-6-13/h2-6,9,12,14-15,20-21H,7-8,10-11H2,1H3/t12-,14+,15-/m1/s1. The molecule has 2 N–H and O–H groups in total. The van der Waals surface area contributed by atoms with Gasteiger partial charge in [0, 0.05) is 24.6 Å². The quantitative estimate of drug-likeness (QED) is 0.905. The fourth-order valence-corrected chi connectivity index (χ4v) is 2.94. The predicted molar refractivity (Wildman–Crippen MR) is 83.1 cm³/mol. The van der Waals surface area contributed by atoms with Crippen LogP contribution >= 0.6 is 0 Å². The number of aromatic nitrogens is 1. The van der Waals surface area contributed by atoms with E-state index in [0.717, 1.165) is 24.3 Å². The first kappa shape index (κ1) is 15.2. The van der Waals surface area contributed by atoms with Crippen LogP contribution in [0.4, 0.5) is 0 Å². The summed E-state index contributed by atoms with van der Waals surface area (Å²) in [6.45, 7) is 3.44. The maximum absolute atomic E-state index is 10.1. The first-order chi connectivity index (χ1) is 10.7. The van der Waals surface area contributed by atoms with E-state index in [2.05, 4.69) is 9.88 Å². The van der Waals surface area contributed by atoms with Gasteiger partial charge >= 0.3 is 0 Å². The molecule has 0 spiro atoms. The molecule has 3 rings (SSSR count). The predicted octanol–water partition coefficient (Wildman–Crippen LogP) is 2.08. The Hall–Kier alpha value is -1.69. The number of hydrogen-bond donors (Lipinski definition) is 2. The van der Waals surface area contributed by atoms with Gasteiger partial charge in [0.2, 0.25) is 5.89 Å². The summed E-state index contributed by atoms with van der Waals surface area (Å²) in [5.74, 6) is 1.40. The number of hydrogen-bond acceptors (Lipinski definition) is 5. The number of piperidine rings is 1. The van der Waals surface area contributed by atoms with Crippen LogP contribution < -0.4 is 0 Å². The van der Waals surface area contributed by atoms with Crippen LogP contribution in [0.1, 0.15) is 25.3 Å². The van der Waals surface area contributed by atoms with Crippen molar-refractivity contribution in [2.75, 3.05) is 19.7 Å². The van der Waals surface area contributed by atoms with E-state index in [1.165, 1.54) is 0 Å². The molecule has 1 aromatic heterocycles. The second-order valence-electron chi connectivity index (χ2n) is 5.90. The van der Waals surface area contributed by atoms with Crippen LogP contribution in [0.15, 0.2) is 40.9 Å². The molecule has 0 aliphatic carbocycles. The Morgan fingerprint density at radius 2 is 2.14 bits per heavy atom. The zero-order chi connectivity index (χ0) is 15.5. The summed E-state index contributed by atoms with van der Waals surface area (Å²) in [5.41, 5.74) is 1.01. The Kier molecular flexibility index (Phi) is 4.57. The van der Waals surface area contributed by atoms with Crippen molar-refractivity contribution in [3.8, 4) is 11.3 Å². The van der Waals surface area contributed by atoms with Gasteiger partial charge in [0.1, 0.15) is 0 Å². The van der Waals surface area contributed by atoms with Crippen molar-refractivity contribution < 1.29 is 14.6 Å². The molecule has 1 aliphatic rings. The van der Waals surface area contributed by atoms with E-state index in [4.69, 9.17) is 4.42 Å². The molecule has 118 valence electrons. The van der Waals surface area contributed by atoms with Gasteiger partial charge in [-0.3, -0.25) is 4.90 Å². The monoisotopic (exact) mass is 302 g/mol. The molecule has 5 heteroatoms. The Labute approximate surface area is 130 Å². The van der Waals surface area contributed by atoms with E-state index in [9.17, 15) is 10.2 Å². The maximum atomic E-state index is 10.1. The van der Waals surface area contributed by atoms with E-state index in [1.54, 1.807) is 6.20 Å². The summed E-state index contributed by atoms with van der Waals surface area (Å²) in [5, 5.41) is 19.3. The lowest BCUT2D eigenvalue weighted by Crippen LogP contribution is -2.45. The third kappa shape index (κ3) is 3.06. The SMILES string of the molecule is C[C@H](c1ncc(-c2ccccc2)o1)N1CC[C@@H](CO)[C@H](O)C1. The summed E-state index contributed by atoms with van der Waals surface area (Å²) in [6.07, 6.45) is 2.04. The molecule has 1 fully saturated rings. The van der Waals surface area contributed by atoms with Crippen molar-refractivity contribution in [1.82, 2.24) is 9.88 Å². The first-order valence-electron chi connectivity index (χ1n) is 7.73. The van der Waals surface area contributed by atoms with Crippen molar-refractivity contribution in [1.29, 1.82) is 0 Å². The fraction of sp³-hybridized carbons (Fsp3) is 0.471. The highest BCUT2D eigenvalue weighted by Gasteiger charge is 2.31. The number of β-amino-alcohol motifs (C(OH)–C–C–N with tert-alkyl or cyclic N) is 1. The minimum atomic E-state index is -0.496. The zero-order valence-corrected chi connectivity index (χ0v) is 12.7. The lowest BCUT2D eigenvalue weighted by molar-refractivity contribution is -0.0177. The number of rotatable bonds is 4. The van der Waals surface area contributed by atoms with Gasteiger partial charge in [-0.2, -0.15) is 0 Å². The molecule has 2 heterocycles. The summed E-state index contributed by atoms with van der Waals surface area (Å²) < 4.78 is 5.89. The van der Waals surface area contributed by atoms with Crippen LogP contribution in [0.3, 0.4) is 0 Å².